The molecule has 0 saturated heterocycles. The van der Waals surface area contributed by atoms with Gasteiger partial charge in [-0.2, -0.15) is 0 Å². The Morgan fingerprint density at radius 1 is 1.28 bits per heavy atom. The third-order valence-corrected chi connectivity index (χ3v) is 5.52. The molecule has 2 aromatic carbocycles. The highest BCUT2D eigenvalue weighted by Crippen LogP contribution is 2.39. The molecule has 1 unspecified atom stereocenters. The molecule has 0 saturated carbocycles. The Morgan fingerprint density at radius 3 is 2.86 bits per heavy atom. The number of benzene rings is 2. The van der Waals surface area contributed by atoms with Gasteiger partial charge in [0.05, 0.1) is 6.61 Å². The first-order chi connectivity index (χ1) is 14.0. The first-order valence-corrected chi connectivity index (χ1v) is 9.96. The highest BCUT2D eigenvalue weighted by molar-refractivity contribution is 6.31. The minimum absolute atomic E-state index is 0.172. The predicted molar refractivity (Wildman–Crippen MR) is 112 cm³/mol. The number of ether oxygens (including phenoxy) is 1. The lowest BCUT2D eigenvalue weighted by atomic mass is 9.92. The van der Waals surface area contributed by atoms with Crippen molar-refractivity contribution in [3.05, 3.63) is 69.9 Å². The Balaban J connectivity index is 1.88. The topological polar surface area (TPSA) is 74.4 Å². The molecular formula is C22H22ClN3O3. The van der Waals surface area contributed by atoms with Crippen LogP contribution in [0.5, 0.6) is 0 Å². The Morgan fingerprint density at radius 2 is 2.10 bits per heavy atom. The largest absolute Gasteiger partial charge is 0.450 e. The Bertz CT molecular complexity index is 1090. The number of aromatic nitrogens is 1. The van der Waals surface area contributed by atoms with Crippen LogP contribution in [0, 0.1) is 0 Å². The fraction of sp³-hybridized carbons (Fsp3) is 0.273. The zero-order chi connectivity index (χ0) is 20.5. The molecule has 1 aromatic heterocycles. The molecule has 1 aliphatic heterocycles. The van der Waals surface area contributed by atoms with E-state index in [4.69, 9.17) is 16.3 Å². The molecule has 150 valence electrons. The maximum absolute atomic E-state index is 12.7. The van der Waals surface area contributed by atoms with Gasteiger partial charge in [-0.05, 0) is 54.8 Å². The van der Waals surface area contributed by atoms with Gasteiger partial charge in [0.2, 0.25) is 0 Å². The summed E-state index contributed by atoms with van der Waals surface area (Å²) in [4.78, 5) is 30.1. The second-order valence-electron chi connectivity index (χ2n) is 6.96. The SMILES string of the molecule is CCOC(=O)N1CCc2c([nH]c3ccc(Cl)cc23)C1c1cccc(C(=O)NC)c1. The van der Waals surface area contributed by atoms with Gasteiger partial charge < -0.3 is 15.0 Å². The van der Waals surface area contributed by atoms with Crippen molar-refractivity contribution in [1.29, 1.82) is 0 Å². The number of H-pyrrole nitrogens is 1. The lowest BCUT2D eigenvalue weighted by Crippen LogP contribution is -2.41. The van der Waals surface area contributed by atoms with Gasteiger partial charge in [-0.1, -0.05) is 23.7 Å². The zero-order valence-electron chi connectivity index (χ0n) is 16.3. The number of hydrogen-bond acceptors (Lipinski definition) is 3. The molecule has 0 aliphatic carbocycles. The van der Waals surface area contributed by atoms with E-state index in [0.717, 1.165) is 27.7 Å². The van der Waals surface area contributed by atoms with Crippen molar-refractivity contribution in [2.24, 2.45) is 0 Å². The van der Waals surface area contributed by atoms with Crippen molar-refractivity contribution in [2.75, 3.05) is 20.2 Å². The quantitative estimate of drug-likeness (QED) is 0.675. The molecule has 2 amide bonds. The summed E-state index contributed by atoms with van der Waals surface area (Å²) in [5.74, 6) is -0.172. The molecule has 4 rings (SSSR count). The van der Waals surface area contributed by atoms with Crippen molar-refractivity contribution in [3.8, 4) is 0 Å². The van der Waals surface area contributed by atoms with E-state index in [1.165, 1.54) is 0 Å². The number of nitrogens with one attached hydrogen (secondary N) is 2. The van der Waals surface area contributed by atoms with Gasteiger partial charge >= 0.3 is 6.09 Å². The van der Waals surface area contributed by atoms with Crippen LogP contribution in [0.15, 0.2) is 42.5 Å². The fourth-order valence-corrected chi connectivity index (χ4v) is 4.18. The van der Waals surface area contributed by atoms with Crippen LogP contribution in [0.2, 0.25) is 5.02 Å². The number of halogens is 1. The van der Waals surface area contributed by atoms with Crippen LogP contribution in [0.25, 0.3) is 10.9 Å². The van der Waals surface area contributed by atoms with Gasteiger partial charge in [0, 0.05) is 40.8 Å². The number of aromatic amines is 1. The standard InChI is InChI=1S/C22H22ClN3O3/c1-3-29-22(28)26-10-9-16-17-12-15(23)7-8-18(17)25-19(16)20(26)13-5-4-6-14(11-13)21(27)24-2/h4-8,11-12,20,25H,3,9-10H2,1-2H3,(H,24,27). The normalized spacial score (nSPS) is 15.8. The molecule has 0 spiro atoms. The highest BCUT2D eigenvalue weighted by Gasteiger charge is 2.35. The van der Waals surface area contributed by atoms with E-state index < -0.39 is 0 Å². The van der Waals surface area contributed by atoms with Crippen LogP contribution in [-0.2, 0) is 11.2 Å². The number of hydrogen-bond donors (Lipinski definition) is 2. The zero-order valence-corrected chi connectivity index (χ0v) is 17.0. The summed E-state index contributed by atoms with van der Waals surface area (Å²) >= 11 is 6.22. The summed E-state index contributed by atoms with van der Waals surface area (Å²) in [6.07, 6.45) is 0.324. The van der Waals surface area contributed by atoms with Crippen LogP contribution in [-0.4, -0.2) is 42.1 Å². The van der Waals surface area contributed by atoms with E-state index in [2.05, 4.69) is 10.3 Å². The van der Waals surface area contributed by atoms with Gasteiger partial charge in [0.1, 0.15) is 6.04 Å². The Labute approximate surface area is 173 Å². The average molecular weight is 412 g/mol. The van der Waals surface area contributed by atoms with Crippen molar-refractivity contribution < 1.29 is 14.3 Å². The van der Waals surface area contributed by atoms with Gasteiger partial charge in [0.15, 0.2) is 0 Å². The molecule has 29 heavy (non-hydrogen) atoms. The molecular weight excluding hydrogens is 390 g/mol. The molecule has 6 nitrogen and oxygen atoms in total. The Kier molecular flexibility index (Phi) is 5.20. The summed E-state index contributed by atoms with van der Waals surface area (Å²) < 4.78 is 5.31. The van der Waals surface area contributed by atoms with E-state index in [-0.39, 0.29) is 18.0 Å². The number of rotatable bonds is 3. The number of fused-ring (bicyclic) bond motifs is 3. The van der Waals surface area contributed by atoms with Crippen molar-refractivity contribution in [1.82, 2.24) is 15.2 Å². The second-order valence-corrected chi connectivity index (χ2v) is 7.39. The Hall–Kier alpha value is -2.99. The lowest BCUT2D eigenvalue weighted by molar-refractivity contribution is 0.0932. The highest BCUT2D eigenvalue weighted by atomic mass is 35.5. The molecule has 0 fully saturated rings. The predicted octanol–water partition coefficient (Wildman–Crippen LogP) is 4.28. The van der Waals surface area contributed by atoms with Gasteiger partial charge in [-0.25, -0.2) is 4.79 Å². The number of carbonyl (C=O) groups is 2. The smallest absolute Gasteiger partial charge is 0.410 e. The maximum atomic E-state index is 12.7. The summed E-state index contributed by atoms with van der Waals surface area (Å²) in [6.45, 7) is 2.61. The third kappa shape index (κ3) is 3.44. The summed E-state index contributed by atoms with van der Waals surface area (Å²) in [5.41, 5.74) is 4.42. The molecule has 7 heteroatoms. The molecule has 3 aromatic rings. The van der Waals surface area contributed by atoms with Gasteiger partial charge in [-0.15, -0.1) is 0 Å². The first kappa shape index (κ1) is 19.3. The number of amides is 2. The van der Waals surface area contributed by atoms with E-state index >= 15 is 0 Å². The summed E-state index contributed by atoms with van der Waals surface area (Å²) in [6, 6.07) is 12.7. The molecule has 2 N–H and O–H groups in total. The average Bonchev–Trinajstić information content (AvgIpc) is 3.10. The number of nitrogens with zero attached hydrogens (tertiary/aromatic N) is 1. The molecule has 1 atom stereocenters. The molecule has 2 heterocycles. The second kappa shape index (κ2) is 7.79. The van der Waals surface area contributed by atoms with Crippen LogP contribution in [0.3, 0.4) is 0 Å². The molecule has 0 radical (unpaired) electrons. The fourth-order valence-electron chi connectivity index (χ4n) is 4.00. The summed E-state index contributed by atoms with van der Waals surface area (Å²) in [5, 5.41) is 4.38. The van der Waals surface area contributed by atoms with E-state index in [1.54, 1.807) is 24.9 Å². The minimum Gasteiger partial charge on any atom is -0.450 e. The van der Waals surface area contributed by atoms with Crippen LogP contribution in [0.4, 0.5) is 4.79 Å². The number of carbonyl (C=O) groups excluding carboxylic acids is 2. The third-order valence-electron chi connectivity index (χ3n) is 5.28. The first-order valence-electron chi connectivity index (χ1n) is 9.59. The van der Waals surface area contributed by atoms with Crippen LogP contribution in [0.1, 0.15) is 40.1 Å². The van der Waals surface area contributed by atoms with Crippen molar-refractivity contribution >= 4 is 34.5 Å². The monoisotopic (exact) mass is 411 g/mol. The van der Waals surface area contributed by atoms with Crippen LogP contribution >= 0.6 is 11.6 Å². The van der Waals surface area contributed by atoms with Crippen molar-refractivity contribution in [3.63, 3.8) is 0 Å². The van der Waals surface area contributed by atoms with Crippen molar-refractivity contribution in [2.45, 2.75) is 19.4 Å². The van der Waals surface area contributed by atoms with Crippen LogP contribution < -0.4 is 5.32 Å². The van der Waals surface area contributed by atoms with Gasteiger partial charge in [0.25, 0.3) is 5.91 Å². The molecule has 0 bridgehead atoms. The lowest BCUT2D eigenvalue weighted by Gasteiger charge is -2.35. The summed E-state index contributed by atoms with van der Waals surface area (Å²) in [7, 11) is 1.60. The van der Waals surface area contributed by atoms with E-state index in [0.29, 0.717) is 30.2 Å². The van der Waals surface area contributed by atoms with E-state index in [9.17, 15) is 9.59 Å². The maximum Gasteiger partial charge on any atom is 0.410 e. The van der Waals surface area contributed by atoms with E-state index in [1.807, 2.05) is 36.4 Å². The molecule has 1 aliphatic rings. The minimum atomic E-state index is -0.381. The van der Waals surface area contributed by atoms with Gasteiger partial charge in [-0.3, -0.25) is 9.69 Å².